The zero-order chi connectivity index (χ0) is 17.5. The van der Waals surface area contributed by atoms with Crippen molar-refractivity contribution in [1.82, 2.24) is 4.98 Å². The summed E-state index contributed by atoms with van der Waals surface area (Å²) in [5.41, 5.74) is 1.20. The number of anilines is 2. The van der Waals surface area contributed by atoms with Crippen LogP contribution in [-0.2, 0) is 14.4 Å². The van der Waals surface area contributed by atoms with E-state index in [0.29, 0.717) is 10.1 Å². The molecule has 0 aliphatic carbocycles. The molecular formula is C16H18N4O3S. The van der Waals surface area contributed by atoms with Crippen LogP contribution < -0.4 is 4.90 Å². The number of esters is 1. The quantitative estimate of drug-likeness (QED) is 0.437. The lowest BCUT2D eigenvalue weighted by Gasteiger charge is -2.15. The topological polar surface area (TPSA) is 76.4 Å². The van der Waals surface area contributed by atoms with Crippen molar-refractivity contribution < 1.29 is 14.4 Å². The first-order valence-corrected chi connectivity index (χ1v) is 7.99. The van der Waals surface area contributed by atoms with Gasteiger partial charge in [0.2, 0.25) is 5.71 Å². The van der Waals surface area contributed by atoms with Gasteiger partial charge in [0.05, 0.1) is 6.61 Å². The van der Waals surface area contributed by atoms with Gasteiger partial charge in [0.25, 0.3) is 0 Å². The largest absolute Gasteiger partial charge is 0.461 e. The number of nitrogens with zero attached hydrogens (tertiary/aromatic N) is 4. The maximum Gasteiger partial charge on any atom is 0.362 e. The lowest BCUT2D eigenvalue weighted by Crippen LogP contribution is -2.20. The van der Waals surface area contributed by atoms with Crippen molar-refractivity contribution in [2.24, 2.45) is 10.1 Å². The number of aromatic nitrogens is 1. The summed E-state index contributed by atoms with van der Waals surface area (Å²) in [6.07, 6.45) is 0. The van der Waals surface area contributed by atoms with E-state index in [-0.39, 0.29) is 18.0 Å². The molecule has 0 amide bonds. The number of rotatable bonds is 7. The van der Waals surface area contributed by atoms with Gasteiger partial charge in [-0.25, -0.2) is 9.78 Å². The van der Waals surface area contributed by atoms with Crippen LogP contribution in [0.2, 0.25) is 0 Å². The average molecular weight is 346 g/mol. The molecule has 0 saturated heterocycles. The summed E-state index contributed by atoms with van der Waals surface area (Å²) < 4.78 is 5.00. The molecule has 0 fully saturated rings. The highest BCUT2D eigenvalue weighted by Crippen LogP contribution is 2.36. The number of hydrogen-bond donors (Lipinski definition) is 0. The van der Waals surface area contributed by atoms with Crippen LogP contribution in [0, 0.1) is 0 Å². The predicted molar refractivity (Wildman–Crippen MR) is 96.0 cm³/mol. The van der Waals surface area contributed by atoms with Gasteiger partial charge in [-0.3, -0.25) is 4.99 Å². The summed E-state index contributed by atoms with van der Waals surface area (Å²) >= 11 is 1.29. The molecule has 0 aliphatic heterocycles. The highest BCUT2D eigenvalue weighted by molar-refractivity contribution is 7.19. The fourth-order valence-electron chi connectivity index (χ4n) is 1.94. The molecule has 0 N–H and O–H groups in total. The number of oxime groups is 1. The Hall–Kier alpha value is -2.74. The van der Waals surface area contributed by atoms with Crippen molar-refractivity contribution in [3.63, 3.8) is 0 Å². The fourth-order valence-corrected chi connectivity index (χ4v) is 2.79. The van der Waals surface area contributed by atoms with Crippen LogP contribution in [0.25, 0.3) is 0 Å². The minimum Gasteiger partial charge on any atom is -0.461 e. The molecule has 0 saturated carbocycles. The normalized spacial score (nSPS) is 11.0. The van der Waals surface area contributed by atoms with Gasteiger partial charge < -0.3 is 14.5 Å². The summed E-state index contributed by atoms with van der Waals surface area (Å²) in [5, 5.41) is 4.86. The Morgan fingerprint density at radius 3 is 2.67 bits per heavy atom. The number of para-hydroxylation sites is 1. The van der Waals surface area contributed by atoms with Crippen molar-refractivity contribution in [3.05, 3.63) is 36.0 Å². The second kappa shape index (κ2) is 8.21. The molecule has 2 rings (SSSR count). The Bertz CT molecular complexity index is 743. The first-order valence-electron chi connectivity index (χ1n) is 7.17. The predicted octanol–water partition coefficient (Wildman–Crippen LogP) is 3.16. The van der Waals surface area contributed by atoms with Gasteiger partial charge in [-0.05, 0) is 25.8 Å². The minimum absolute atomic E-state index is 0.0364. The third-order valence-electron chi connectivity index (χ3n) is 3.05. The van der Waals surface area contributed by atoms with E-state index in [0.717, 1.165) is 5.69 Å². The number of carbonyl (C=O) groups is 1. The van der Waals surface area contributed by atoms with Crippen LogP contribution in [0.15, 0.2) is 40.5 Å². The molecule has 126 valence electrons. The maximum atomic E-state index is 12.1. The van der Waals surface area contributed by atoms with E-state index in [4.69, 9.17) is 9.57 Å². The third kappa shape index (κ3) is 3.77. The van der Waals surface area contributed by atoms with E-state index in [9.17, 15) is 4.79 Å². The molecule has 0 atom stereocenters. The zero-order valence-corrected chi connectivity index (χ0v) is 14.5. The van der Waals surface area contributed by atoms with E-state index in [2.05, 4.69) is 21.8 Å². The molecule has 1 heterocycles. The van der Waals surface area contributed by atoms with Crippen molar-refractivity contribution in [3.8, 4) is 0 Å². The second-order valence-corrected chi connectivity index (χ2v) is 5.50. The SMILES string of the molecule is C=Nc1sc(N(C)c2ccccc2)nc1C(=NOC)C(=O)OCC. The van der Waals surface area contributed by atoms with Gasteiger partial charge in [-0.1, -0.05) is 34.7 Å². The van der Waals surface area contributed by atoms with Crippen molar-refractivity contribution in [2.75, 3.05) is 25.7 Å². The second-order valence-electron chi connectivity index (χ2n) is 4.55. The van der Waals surface area contributed by atoms with E-state index >= 15 is 0 Å². The first kappa shape index (κ1) is 17.6. The van der Waals surface area contributed by atoms with Gasteiger partial charge in [0, 0.05) is 12.7 Å². The highest BCUT2D eigenvalue weighted by Gasteiger charge is 2.25. The number of thiazole rings is 1. The average Bonchev–Trinajstić information content (AvgIpc) is 3.03. The summed E-state index contributed by atoms with van der Waals surface area (Å²) in [6.45, 7) is 5.47. The van der Waals surface area contributed by atoms with Crippen LogP contribution >= 0.6 is 11.3 Å². The molecule has 0 aliphatic rings. The molecule has 0 bridgehead atoms. The molecule has 2 aromatic rings. The maximum absolute atomic E-state index is 12.1. The molecule has 24 heavy (non-hydrogen) atoms. The van der Waals surface area contributed by atoms with Crippen molar-refractivity contribution in [1.29, 1.82) is 0 Å². The molecule has 1 aromatic heterocycles. The number of ether oxygens (including phenoxy) is 1. The lowest BCUT2D eigenvalue weighted by atomic mass is 10.3. The summed E-state index contributed by atoms with van der Waals surface area (Å²) in [4.78, 5) is 27.2. The fraction of sp³-hybridized carbons (Fsp3) is 0.250. The number of benzene rings is 1. The van der Waals surface area contributed by atoms with Crippen LogP contribution in [0.3, 0.4) is 0 Å². The summed E-state index contributed by atoms with van der Waals surface area (Å²) in [6, 6.07) is 9.72. The Labute approximate surface area is 144 Å². The number of carbonyl (C=O) groups excluding carboxylic acids is 1. The molecule has 7 nitrogen and oxygen atoms in total. The van der Waals surface area contributed by atoms with Gasteiger partial charge in [-0.2, -0.15) is 0 Å². The highest BCUT2D eigenvalue weighted by atomic mass is 32.1. The van der Waals surface area contributed by atoms with Crippen molar-refractivity contribution >= 4 is 45.6 Å². The van der Waals surface area contributed by atoms with Crippen LogP contribution in [0.4, 0.5) is 15.8 Å². The van der Waals surface area contributed by atoms with E-state index in [1.54, 1.807) is 6.92 Å². The molecule has 0 spiro atoms. The lowest BCUT2D eigenvalue weighted by molar-refractivity contribution is -0.135. The zero-order valence-electron chi connectivity index (χ0n) is 13.7. The minimum atomic E-state index is -0.622. The van der Waals surface area contributed by atoms with Crippen LogP contribution in [0.1, 0.15) is 12.6 Å². The number of aliphatic imine (C=N–C) groups is 1. The summed E-state index contributed by atoms with van der Waals surface area (Å²) in [7, 11) is 3.23. The van der Waals surface area contributed by atoms with E-state index in [1.165, 1.54) is 18.4 Å². The standard InChI is InChI=1S/C16H18N4O3S/c1-5-23-15(21)13(19-22-4)12-14(17-2)24-16(18-12)20(3)11-9-7-6-8-10-11/h6-10H,2,5H2,1,3-4H3. The van der Waals surface area contributed by atoms with Gasteiger partial charge >= 0.3 is 5.97 Å². The Balaban J connectivity index is 2.44. The molecule has 0 unspecified atom stereocenters. The number of hydrogen-bond acceptors (Lipinski definition) is 8. The Morgan fingerprint density at radius 2 is 2.08 bits per heavy atom. The van der Waals surface area contributed by atoms with E-state index in [1.807, 2.05) is 42.3 Å². The van der Waals surface area contributed by atoms with Crippen LogP contribution in [-0.4, -0.2) is 44.1 Å². The molecule has 8 heteroatoms. The van der Waals surface area contributed by atoms with Crippen molar-refractivity contribution in [2.45, 2.75) is 6.92 Å². The summed E-state index contributed by atoms with van der Waals surface area (Å²) in [5.74, 6) is -0.622. The molecular weight excluding hydrogens is 328 g/mol. The molecule has 1 aromatic carbocycles. The van der Waals surface area contributed by atoms with Gasteiger partial charge in [-0.15, -0.1) is 0 Å². The first-order chi connectivity index (χ1) is 11.6. The van der Waals surface area contributed by atoms with Crippen LogP contribution in [0.5, 0.6) is 0 Å². The van der Waals surface area contributed by atoms with E-state index < -0.39 is 5.97 Å². The van der Waals surface area contributed by atoms with Gasteiger partial charge in [0.15, 0.2) is 5.13 Å². The Kier molecular flexibility index (Phi) is 6.02. The third-order valence-corrected chi connectivity index (χ3v) is 4.11. The monoisotopic (exact) mass is 346 g/mol. The van der Waals surface area contributed by atoms with Gasteiger partial charge in [0.1, 0.15) is 17.8 Å². The molecule has 0 radical (unpaired) electrons. The Morgan fingerprint density at radius 1 is 1.38 bits per heavy atom. The smallest absolute Gasteiger partial charge is 0.362 e.